The number of carbonyl (C=O) groups is 4. The van der Waals surface area contributed by atoms with Crippen molar-refractivity contribution in [2.45, 2.75) is 356 Å². The molecule has 0 radical (unpaired) electrons. The molecule has 522 valence electrons. The Labute approximate surface area is 537 Å². The molecule has 19 heteroatoms. The van der Waals surface area contributed by atoms with Crippen molar-refractivity contribution >= 4 is 39.5 Å². The SMILES string of the molecule is CC(C)CCCCCCCCCCCCCCCCCCC(=O)O[C@H](COC(=O)CCCCCCCCCCC(C)C)COP(=O)(O)OC[C@@H](O)COP(=O)(O)OC[C@@H](COC(=O)CCCCCCCCC(C)C)OC(=O)CCCCCCCCC(C)C. The standard InChI is InChI=1S/C69H134O17P2/c1-59(2)45-37-29-21-17-15-13-11-9-10-12-14-16-18-24-35-43-51-68(73)85-64(55-79-66(71)49-41-33-23-20-19-22-30-38-46-60(3)4)57-83-87(75,76)81-53-63(70)54-82-88(77,78)84-58-65(86-69(74)52-44-36-28-26-32-40-48-62(7)8)56-80-67(72)50-42-34-27-25-31-39-47-61(5)6/h59-65,70H,9-58H2,1-8H3,(H,75,76)(H,77,78)/t63-,64-,65-/m1/s1. The smallest absolute Gasteiger partial charge is 0.462 e. The predicted molar refractivity (Wildman–Crippen MR) is 354 cm³/mol. The van der Waals surface area contributed by atoms with Crippen LogP contribution in [-0.2, 0) is 65.4 Å². The van der Waals surface area contributed by atoms with E-state index in [-0.39, 0.29) is 25.7 Å². The summed E-state index contributed by atoms with van der Waals surface area (Å²) in [4.78, 5) is 72.3. The molecular weight excluding hydrogens is 1160 g/mol. The van der Waals surface area contributed by atoms with Gasteiger partial charge in [0, 0.05) is 25.7 Å². The molecule has 0 aliphatic carbocycles. The van der Waals surface area contributed by atoms with Crippen molar-refractivity contribution in [2.24, 2.45) is 23.7 Å². The summed E-state index contributed by atoms with van der Waals surface area (Å²) in [6.45, 7) is 14.0. The Kier molecular flexibility index (Phi) is 57.6. The van der Waals surface area contributed by atoms with Gasteiger partial charge in [0.05, 0.1) is 26.4 Å². The average Bonchev–Trinajstić information content (AvgIpc) is 3.62. The van der Waals surface area contributed by atoms with Gasteiger partial charge in [0.25, 0.3) is 0 Å². The maximum absolute atomic E-state index is 13.0. The number of aliphatic hydroxyl groups excluding tert-OH is 1. The molecule has 0 saturated heterocycles. The quantitative estimate of drug-likeness (QED) is 0.0222. The molecule has 0 heterocycles. The number of aliphatic hydroxyl groups is 1. The van der Waals surface area contributed by atoms with E-state index in [1.807, 2.05) is 0 Å². The summed E-state index contributed by atoms with van der Waals surface area (Å²) in [5.74, 6) is 0.746. The van der Waals surface area contributed by atoms with Gasteiger partial charge < -0.3 is 33.8 Å². The fourth-order valence-electron chi connectivity index (χ4n) is 10.3. The number of phosphoric acid groups is 2. The predicted octanol–water partition coefficient (Wildman–Crippen LogP) is 19.3. The van der Waals surface area contributed by atoms with E-state index in [9.17, 15) is 43.2 Å². The molecule has 0 aromatic carbocycles. The zero-order valence-electron chi connectivity index (χ0n) is 57.3. The highest BCUT2D eigenvalue weighted by Gasteiger charge is 2.30. The molecule has 88 heavy (non-hydrogen) atoms. The van der Waals surface area contributed by atoms with Crippen LogP contribution in [0.1, 0.15) is 338 Å². The molecule has 0 bridgehead atoms. The Balaban J connectivity index is 5.18. The summed E-state index contributed by atoms with van der Waals surface area (Å²) in [6.07, 6.45) is 40.8. The van der Waals surface area contributed by atoms with Crippen LogP contribution in [0, 0.1) is 23.7 Å². The number of rotatable bonds is 66. The van der Waals surface area contributed by atoms with Gasteiger partial charge >= 0.3 is 39.5 Å². The van der Waals surface area contributed by atoms with Gasteiger partial charge in [-0.25, -0.2) is 9.13 Å². The lowest BCUT2D eigenvalue weighted by Crippen LogP contribution is -2.30. The fraction of sp³-hybridized carbons (Fsp3) is 0.942. The number of unbranched alkanes of at least 4 members (excludes halogenated alkanes) is 32. The Morgan fingerprint density at radius 3 is 0.705 bits per heavy atom. The zero-order valence-corrected chi connectivity index (χ0v) is 59.1. The van der Waals surface area contributed by atoms with Crippen LogP contribution in [0.15, 0.2) is 0 Å². The Morgan fingerprint density at radius 2 is 0.477 bits per heavy atom. The monoisotopic (exact) mass is 1300 g/mol. The number of hydrogen-bond acceptors (Lipinski definition) is 15. The minimum absolute atomic E-state index is 0.101. The van der Waals surface area contributed by atoms with Crippen molar-refractivity contribution in [3.8, 4) is 0 Å². The van der Waals surface area contributed by atoms with E-state index >= 15 is 0 Å². The first-order valence-electron chi connectivity index (χ1n) is 35.7. The molecule has 3 N–H and O–H groups in total. The van der Waals surface area contributed by atoms with Crippen molar-refractivity contribution in [3.05, 3.63) is 0 Å². The Bertz CT molecular complexity index is 1750. The van der Waals surface area contributed by atoms with Crippen molar-refractivity contribution in [2.75, 3.05) is 39.6 Å². The van der Waals surface area contributed by atoms with E-state index in [4.69, 9.17) is 37.0 Å². The van der Waals surface area contributed by atoms with Crippen molar-refractivity contribution in [3.63, 3.8) is 0 Å². The van der Waals surface area contributed by atoms with Crippen molar-refractivity contribution in [1.29, 1.82) is 0 Å². The van der Waals surface area contributed by atoms with E-state index < -0.39 is 97.5 Å². The largest absolute Gasteiger partial charge is 0.472 e. The summed E-state index contributed by atoms with van der Waals surface area (Å²) in [5, 5.41) is 10.6. The van der Waals surface area contributed by atoms with Gasteiger partial charge in [0.2, 0.25) is 0 Å². The summed E-state index contributed by atoms with van der Waals surface area (Å²) >= 11 is 0. The van der Waals surface area contributed by atoms with Crippen LogP contribution < -0.4 is 0 Å². The maximum atomic E-state index is 13.0. The first kappa shape index (κ1) is 86.1. The molecule has 0 aromatic heterocycles. The fourth-order valence-corrected chi connectivity index (χ4v) is 11.9. The lowest BCUT2D eigenvalue weighted by atomic mass is 10.0. The molecule has 0 rings (SSSR count). The van der Waals surface area contributed by atoms with E-state index in [0.29, 0.717) is 37.5 Å². The Hall–Kier alpha value is -1.94. The number of esters is 4. The lowest BCUT2D eigenvalue weighted by Gasteiger charge is -2.21. The molecule has 0 spiro atoms. The minimum atomic E-state index is -4.95. The highest BCUT2D eigenvalue weighted by molar-refractivity contribution is 7.47. The normalized spacial score (nSPS) is 14.3. The second-order valence-corrected chi connectivity index (χ2v) is 29.7. The first-order chi connectivity index (χ1) is 42.1. The summed E-state index contributed by atoms with van der Waals surface area (Å²) in [6, 6.07) is 0. The summed E-state index contributed by atoms with van der Waals surface area (Å²) < 4.78 is 68.1. The van der Waals surface area contributed by atoms with E-state index in [1.54, 1.807) is 0 Å². The van der Waals surface area contributed by atoms with Gasteiger partial charge in [-0.05, 0) is 49.4 Å². The van der Waals surface area contributed by atoms with Crippen molar-refractivity contribution in [1.82, 2.24) is 0 Å². The van der Waals surface area contributed by atoms with Gasteiger partial charge in [-0.1, -0.05) is 287 Å². The van der Waals surface area contributed by atoms with Gasteiger partial charge in [-0.2, -0.15) is 0 Å². The molecule has 5 atom stereocenters. The van der Waals surface area contributed by atoms with Gasteiger partial charge in [-0.3, -0.25) is 37.3 Å². The minimum Gasteiger partial charge on any atom is -0.462 e. The molecule has 0 amide bonds. The third-order valence-electron chi connectivity index (χ3n) is 15.8. The number of hydrogen-bond donors (Lipinski definition) is 3. The Morgan fingerprint density at radius 1 is 0.284 bits per heavy atom. The van der Waals surface area contributed by atoms with E-state index in [1.165, 1.54) is 135 Å². The maximum Gasteiger partial charge on any atom is 0.472 e. The number of ether oxygens (including phenoxy) is 4. The number of phosphoric ester groups is 2. The molecule has 0 saturated carbocycles. The van der Waals surface area contributed by atoms with Gasteiger partial charge in [0.15, 0.2) is 12.2 Å². The third-order valence-corrected chi connectivity index (χ3v) is 17.7. The molecule has 0 aliphatic rings. The molecule has 0 fully saturated rings. The van der Waals surface area contributed by atoms with Gasteiger partial charge in [-0.15, -0.1) is 0 Å². The van der Waals surface area contributed by atoms with E-state index in [2.05, 4.69) is 55.4 Å². The van der Waals surface area contributed by atoms with Crippen LogP contribution in [0.3, 0.4) is 0 Å². The highest BCUT2D eigenvalue weighted by Crippen LogP contribution is 2.45. The third kappa shape index (κ3) is 62.8. The molecule has 17 nitrogen and oxygen atoms in total. The summed E-state index contributed by atoms with van der Waals surface area (Å²) in [5.41, 5.74) is 0. The van der Waals surface area contributed by atoms with Crippen LogP contribution in [0.2, 0.25) is 0 Å². The number of carbonyl (C=O) groups excluding carboxylic acids is 4. The van der Waals surface area contributed by atoms with Crippen LogP contribution in [0.25, 0.3) is 0 Å². The van der Waals surface area contributed by atoms with Crippen LogP contribution in [0.4, 0.5) is 0 Å². The first-order valence-corrected chi connectivity index (χ1v) is 38.7. The second-order valence-electron chi connectivity index (χ2n) is 26.8. The van der Waals surface area contributed by atoms with Gasteiger partial charge in [0.1, 0.15) is 19.3 Å². The average molecular weight is 1300 g/mol. The lowest BCUT2D eigenvalue weighted by molar-refractivity contribution is -0.161. The topological polar surface area (TPSA) is 237 Å². The van der Waals surface area contributed by atoms with Crippen LogP contribution >= 0.6 is 15.6 Å². The summed E-state index contributed by atoms with van der Waals surface area (Å²) in [7, 11) is -9.90. The van der Waals surface area contributed by atoms with Crippen LogP contribution in [0.5, 0.6) is 0 Å². The molecule has 0 aliphatic heterocycles. The molecule has 2 unspecified atom stereocenters. The second kappa shape index (κ2) is 58.8. The van der Waals surface area contributed by atoms with E-state index in [0.717, 1.165) is 108 Å². The molecular formula is C69H134O17P2. The van der Waals surface area contributed by atoms with Crippen LogP contribution in [-0.4, -0.2) is 96.7 Å². The highest BCUT2D eigenvalue weighted by atomic mass is 31.2. The zero-order chi connectivity index (χ0) is 65.4. The van der Waals surface area contributed by atoms with Crippen molar-refractivity contribution < 1.29 is 80.2 Å². The molecule has 0 aromatic rings.